The number of hydrogen-bond acceptors (Lipinski definition) is 4. The zero-order valence-corrected chi connectivity index (χ0v) is 11.1. The van der Waals surface area contributed by atoms with Gasteiger partial charge in [-0.1, -0.05) is 17.7 Å². The number of carbonyl (C=O) groups excluding carboxylic acids is 1. The SMILES string of the molecule is COC(=O)c1cc(Cl)ccc1NCc1ccccn1. The minimum absolute atomic E-state index is 0.408. The second-order valence-corrected chi connectivity index (χ2v) is 4.29. The van der Waals surface area contributed by atoms with E-state index in [2.05, 4.69) is 10.3 Å². The summed E-state index contributed by atoms with van der Waals surface area (Å²) in [5.74, 6) is -0.425. The highest BCUT2D eigenvalue weighted by molar-refractivity contribution is 6.31. The van der Waals surface area contributed by atoms with Crippen LogP contribution in [0.3, 0.4) is 0 Å². The molecule has 0 fully saturated rings. The monoisotopic (exact) mass is 276 g/mol. The Labute approximate surface area is 116 Å². The van der Waals surface area contributed by atoms with E-state index in [1.54, 1.807) is 24.4 Å². The Morgan fingerprint density at radius 1 is 1.37 bits per heavy atom. The van der Waals surface area contributed by atoms with Crippen molar-refractivity contribution in [1.29, 1.82) is 0 Å². The highest BCUT2D eigenvalue weighted by atomic mass is 35.5. The molecule has 0 radical (unpaired) electrons. The first kappa shape index (κ1) is 13.4. The first-order valence-electron chi connectivity index (χ1n) is 5.72. The van der Waals surface area contributed by atoms with E-state index >= 15 is 0 Å². The van der Waals surface area contributed by atoms with Crippen molar-refractivity contribution in [3.05, 3.63) is 58.9 Å². The van der Waals surface area contributed by atoms with Gasteiger partial charge in [0, 0.05) is 16.9 Å². The highest BCUT2D eigenvalue weighted by Crippen LogP contribution is 2.22. The van der Waals surface area contributed by atoms with E-state index in [0.29, 0.717) is 22.8 Å². The van der Waals surface area contributed by atoms with Crippen molar-refractivity contribution >= 4 is 23.3 Å². The van der Waals surface area contributed by atoms with Gasteiger partial charge in [-0.3, -0.25) is 4.98 Å². The molecule has 0 saturated carbocycles. The summed E-state index contributed by atoms with van der Waals surface area (Å²) < 4.78 is 4.73. The zero-order valence-electron chi connectivity index (χ0n) is 10.4. The van der Waals surface area contributed by atoms with Crippen molar-refractivity contribution in [1.82, 2.24) is 4.98 Å². The van der Waals surface area contributed by atoms with E-state index in [4.69, 9.17) is 16.3 Å². The van der Waals surface area contributed by atoms with E-state index < -0.39 is 5.97 Å². The van der Waals surface area contributed by atoms with Gasteiger partial charge in [0.15, 0.2) is 0 Å². The molecule has 2 rings (SSSR count). The quantitative estimate of drug-likeness (QED) is 0.872. The van der Waals surface area contributed by atoms with Crippen LogP contribution in [-0.4, -0.2) is 18.1 Å². The summed E-state index contributed by atoms with van der Waals surface area (Å²) in [6.45, 7) is 0.520. The standard InChI is InChI=1S/C14H13ClN2O2/c1-19-14(18)12-8-10(15)5-6-13(12)17-9-11-4-2-3-7-16-11/h2-8,17H,9H2,1H3. The fourth-order valence-electron chi connectivity index (χ4n) is 1.64. The number of nitrogens with one attached hydrogen (secondary N) is 1. The minimum Gasteiger partial charge on any atom is -0.465 e. The predicted octanol–water partition coefficient (Wildman–Crippen LogP) is 3.13. The van der Waals surface area contributed by atoms with Gasteiger partial charge in [-0.05, 0) is 30.3 Å². The number of pyridine rings is 1. The molecule has 0 aliphatic carbocycles. The molecule has 5 heteroatoms. The van der Waals surface area contributed by atoms with Crippen molar-refractivity contribution in [3.63, 3.8) is 0 Å². The average Bonchev–Trinajstić information content (AvgIpc) is 2.46. The van der Waals surface area contributed by atoms with Crippen LogP contribution in [-0.2, 0) is 11.3 Å². The third kappa shape index (κ3) is 3.45. The van der Waals surface area contributed by atoms with Gasteiger partial charge in [0.25, 0.3) is 0 Å². The molecule has 1 aromatic heterocycles. The van der Waals surface area contributed by atoms with Crippen LogP contribution in [0.1, 0.15) is 16.1 Å². The van der Waals surface area contributed by atoms with Crippen LogP contribution in [0.2, 0.25) is 5.02 Å². The number of anilines is 1. The number of ether oxygens (including phenoxy) is 1. The first-order valence-corrected chi connectivity index (χ1v) is 6.10. The van der Waals surface area contributed by atoms with E-state index in [1.807, 2.05) is 18.2 Å². The molecule has 0 bridgehead atoms. The van der Waals surface area contributed by atoms with Gasteiger partial charge >= 0.3 is 5.97 Å². The number of rotatable bonds is 4. The molecular weight excluding hydrogens is 264 g/mol. The third-order valence-electron chi connectivity index (χ3n) is 2.57. The molecule has 0 atom stereocenters. The minimum atomic E-state index is -0.425. The number of aromatic nitrogens is 1. The molecule has 1 heterocycles. The molecule has 98 valence electrons. The Balaban J connectivity index is 2.18. The summed E-state index contributed by atoms with van der Waals surface area (Å²) in [5.41, 5.74) is 1.96. The van der Waals surface area contributed by atoms with Crippen molar-refractivity contribution in [2.75, 3.05) is 12.4 Å². The fourth-order valence-corrected chi connectivity index (χ4v) is 1.81. The van der Waals surface area contributed by atoms with Gasteiger partial charge in [-0.15, -0.1) is 0 Å². The summed E-state index contributed by atoms with van der Waals surface area (Å²) in [7, 11) is 1.34. The van der Waals surface area contributed by atoms with Crippen molar-refractivity contribution < 1.29 is 9.53 Å². The molecule has 1 N–H and O–H groups in total. The molecule has 19 heavy (non-hydrogen) atoms. The Kier molecular flexibility index (Phi) is 4.36. The number of hydrogen-bond donors (Lipinski definition) is 1. The van der Waals surface area contributed by atoms with Crippen LogP contribution < -0.4 is 5.32 Å². The Hall–Kier alpha value is -2.07. The van der Waals surface area contributed by atoms with Gasteiger partial charge in [0.1, 0.15) is 0 Å². The lowest BCUT2D eigenvalue weighted by Crippen LogP contribution is -2.08. The number of benzene rings is 1. The van der Waals surface area contributed by atoms with Crippen LogP contribution in [0.5, 0.6) is 0 Å². The molecule has 2 aromatic rings. The van der Waals surface area contributed by atoms with E-state index in [-0.39, 0.29) is 0 Å². The first-order chi connectivity index (χ1) is 9.20. The van der Waals surface area contributed by atoms with Crippen LogP contribution >= 0.6 is 11.6 Å². The summed E-state index contributed by atoms with van der Waals surface area (Å²) in [4.78, 5) is 15.9. The second kappa shape index (κ2) is 6.20. The normalized spacial score (nSPS) is 10.0. The number of nitrogens with zero attached hydrogens (tertiary/aromatic N) is 1. The number of carbonyl (C=O) groups is 1. The van der Waals surface area contributed by atoms with Gasteiger partial charge in [0.05, 0.1) is 24.9 Å². The topological polar surface area (TPSA) is 51.2 Å². The molecule has 1 aromatic carbocycles. The van der Waals surface area contributed by atoms with Crippen molar-refractivity contribution in [2.45, 2.75) is 6.54 Å². The zero-order chi connectivity index (χ0) is 13.7. The van der Waals surface area contributed by atoms with Gasteiger partial charge < -0.3 is 10.1 Å². The van der Waals surface area contributed by atoms with Crippen LogP contribution in [0, 0.1) is 0 Å². The predicted molar refractivity (Wildman–Crippen MR) is 74.4 cm³/mol. The maximum atomic E-state index is 11.7. The van der Waals surface area contributed by atoms with Crippen LogP contribution in [0.4, 0.5) is 5.69 Å². The lowest BCUT2D eigenvalue weighted by molar-refractivity contribution is 0.0602. The summed E-state index contributed by atoms with van der Waals surface area (Å²) in [5, 5.41) is 3.64. The third-order valence-corrected chi connectivity index (χ3v) is 2.81. The van der Waals surface area contributed by atoms with Crippen molar-refractivity contribution in [2.24, 2.45) is 0 Å². The summed E-state index contributed by atoms with van der Waals surface area (Å²) in [6.07, 6.45) is 1.72. The lowest BCUT2D eigenvalue weighted by Gasteiger charge is -2.10. The molecule has 0 saturated heterocycles. The second-order valence-electron chi connectivity index (χ2n) is 3.86. The summed E-state index contributed by atoms with van der Waals surface area (Å²) in [6, 6.07) is 10.7. The molecule has 0 amide bonds. The van der Waals surface area contributed by atoms with E-state index in [9.17, 15) is 4.79 Å². The maximum Gasteiger partial charge on any atom is 0.340 e. The summed E-state index contributed by atoms with van der Waals surface area (Å²) >= 11 is 5.89. The van der Waals surface area contributed by atoms with Gasteiger partial charge in [-0.25, -0.2) is 4.79 Å². The lowest BCUT2D eigenvalue weighted by atomic mass is 10.1. The van der Waals surface area contributed by atoms with Crippen LogP contribution in [0.25, 0.3) is 0 Å². The molecule has 4 nitrogen and oxygen atoms in total. The number of esters is 1. The van der Waals surface area contributed by atoms with Crippen LogP contribution in [0.15, 0.2) is 42.6 Å². The molecule has 0 unspecified atom stereocenters. The largest absolute Gasteiger partial charge is 0.465 e. The Morgan fingerprint density at radius 3 is 2.89 bits per heavy atom. The average molecular weight is 277 g/mol. The van der Waals surface area contributed by atoms with Gasteiger partial charge in [-0.2, -0.15) is 0 Å². The maximum absolute atomic E-state index is 11.7. The molecule has 0 aliphatic rings. The molecule has 0 spiro atoms. The number of halogens is 1. The van der Waals surface area contributed by atoms with Gasteiger partial charge in [0.2, 0.25) is 0 Å². The molecule has 0 aliphatic heterocycles. The Morgan fingerprint density at radius 2 is 2.21 bits per heavy atom. The smallest absolute Gasteiger partial charge is 0.340 e. The fraction of sp³-hybridized carbons (Fsp3) is 0.143. The highest BCUT2D eigenvalue weighted by Gasteiger charge is 2.12. The van der Waals surface area contributed by atoms with E-state index in [1.165, 1.54) is 7.11 Å². The Bertz CT molecular complexity index is 573. The van der Waals surface area contributed by atoms with Crippen molar-refractivity contribution in [3.8, 4) is 0 Å². The number of methoxy groups -OCH3 is 1. The molecular formula is C14H13ClN2O2. The van der Waals surface area contributed by atoms with E-state index in [0.717, 1.165) is 5.69 Å².